The second kappa shape index (κ2) is 6.55. The average Bonchev–Trinajstić information content (AvgIpc) is 2.82. The van der Waals surface area contributed by atoms with Crippen LogP contribution in [0.5, 0.6) is 0 Å². The number of carbonyl (C=O) groups excluding carboxylic acids is 1. The van der Waals surface area contributed by atoms with Crippen LogP contribution in [0.4, 0.5) is 0 Å². The number of nitrogens with one attached hydrogen (secondary N) is 1. The van der Waals surface area contributed by atoms with Gasteiger partial charge in [-0.15, -0.1) is 11.3 Å². The maximum absolute atomic E-state index is 11.9. The lowest BCUT2D eigenvalue weighted by molar-refractivity contribution is 0.0945. The standard InChI is InChI=1S/C12H17BrN2O3S2/c1-20(17,18)15-4-2-9(3-5-15)7-14-12(16)11-6-10(13)8-19-11/h6,8-9H,2-5,7H2,1H3,(H,14,16). The van der Waals surface area contributed by atoms with Crippen molar-refractivity contribution < 1.29 is 13.2 Å². The van der Waals surface area contributed by atoms with E-state index in [0.29, 0.717) is 30.4 Å². The molecule has 1 saturated heterocycles. The van der Waals surface area contributed by atoms with Crippen molar-refractivity contribution in [2.24, 2.45) is 5.92 Å². The summed E-state index contributed by atoms with van der Waals surface area (Å²) in [5.74, 6) is 0.284. The summed E-state index contributed by atoms with van der Waals surface area (Å²) in [4.78, 5) is 12.6. The van der Waals surface area contributed by atoms with Crippen LogP contribution in [-0.4, -0.2) is 44.5 Å². The number of amides is 1. The van der Waals surface area contributed by atoms with Gasteiger partial charge in [0.05, 0.1) is 11.1 Å². The zero-order valence-electron chi connectivity index (χ0n) is 11.1. The van der Waals surface area contributed by atoms with Crippen molar-refractivity contribution in [3.63, 3.8) is 0 Å². The Balaban J connectivity index is 1.78. The van der Waals surface area contributed by atoms with Gasteiger partial charge in [-0.2, -0.15) is 0 Å². The number of halogens is 1. The summed E-state index contributed by atoms with van der Waals surface area (Å²) in [5.41, 5.74) is 0. The molecule has 8 heteroatoms. The fourth-order valence-electron chi connectivity index (χ4n) is 2.20. The van der Waals surface area contributed by atoms with Crippen molar-refractivity contribution in [3.8, 4) is 0 Å². The van der Waals surface area contributed by atoms with Crippen LogP contribution in [0.2, 0.25) is 0 Å². The quantitative estimate of drug-likeness (QED) is 0.867. The summed E-state index contributed by atoms with van der Waals surface area (Å²) < 4.78 is 25.2. The van der Waals surface area contributed by atoms with E-state index in [1.807, 2.05) is 5.38 Å². The lowest BCUT2D eigenvalue weighted by Gasteiger charge is -2.30. The van der Waals surface area contributed by atoms with Crippen molar-refractivity contribution in [2.45, 2.75) is 12.8 Å². The van der Waals surface area contributed by atoms with E-state index in [0.717, 1.165) is 17.3 Å². The molecule has 1 aliphatic heterocycles. The number of hydrogen-bond donors (Lipinski definition) is 1. The molecule has 0 saturated carbocycles. The van der Waals surface area contributed by atoms with Crippen LogP contribution in [0.15, 0.2) is 15.9 Å². The van der Waals surface area contributed by atoms with Crippen molar-refractivity contribution in [2.75, 3.05) is 25.9 Å². The number of rotatable bonds is 4. The van der Waals surface area contributed by atoms with Crippen LogP contribution in [0.3, 0.4) is 0 Å². The molecule has 1 fully saturated rings. The van der Waals surface area contributed by atoms with Gasteiger partial charge in [0, 0.05) is 29.5 Å². The van der Waals surface area contributed by atoms with Gasteiger partial charge >= 0.3 is 0 Å². The number of hydrogen-bond acceptors (Lipinski definition) is 4. The molecule has 0 bridgehead atoms. The molecule has 112 valence electrons. The van der Waals surface area contributed by atoms with Crippen LogP contribution in [0.25, 0.3) is 0 Å². The third-order valence-corrected chi connectivity index (χ3v) is 6.38. The number of carbonyl (C=O) groups is 1. The number of thiophene rings is 1. The van der Waals surface area contributed by atoms with Gasteiger partial charge in [-0.25, -0.2) is 12.7 Å². The Labute approximate surface area is 131 Å². The first kappa shape index (κ1) is 15.9. The molecule has 0 aliphatic carbocycles. The highest BCUT2D eigenvalue weighted by Crippen LogP contribution is 2.21. The fraction of sp³-hybridized carbons (Fsp3) is 0.583. The smallest absolute Gasteiger partial charge is 0.261 e. The maximum atomic E-state index is 11.9. The highest BCUT2D eigenvalue weighted by atomic mass is 79.9. The molecule has 1 N–H and O–H groups in total. The SMILES string of the molecule is CS(=O)(=O)N1CCC(CNC(=O)c2cc(Br)cs2)CC1. The molecule has 0 radical (unpaired) electrons. The molecule has 1 aromatic heterocycles. The fourth-order valence-corrected chi connectivity index (χ4v) is 4.42. The van der Waals surface area contributed by atoms with Crippen molar-refractivity contribution in [3.05, 3.63) is 20.8 Å². The van der Waals surface area contributed by atoms with Gasteiger partial charge in [0.1, 0.15) is 0 Å². The van der Waals surface area contributed by atoms with Crippen molar-refractivity contribution >= 4 is 43.2 Å². The average molecular weight is 381 g/mol. The minimum absolute atomic E-state index is 0.0637. The summed E-state index contributed by atoms with van der Waals surface area (Å²) in [6.45, 7) is 1.69. The lowest BCUT2D eigenvalue weighted by atomic mass is 9.98. The van der Waals surface area contributed by atoms with E-state index >= 15 is 0 Å². The molecule has 20 heavy (non-hydrogen) atoms. The minimum atomic E-state index is -3.08. The van der Waals surface area contributed by atoms with Gasteiger partial charge in [0.2, 0.25) is 10.0 Å². The zero-order valence-corrected chi connectivity index (χ0v) is 14.4. The molecular formula is C12H17BrN2O3S2. The van der Waals surface area contributed by atoms with Crippen LogP contribution in [0, 0.1) is 5.92 Å². The predicted octanol–water partition coefficient (Wildman–Crippen LogP) is 1.91. The molecule has 2 heterocycles. The van der Waals surface area contributed by atoms with E-state index < -0.39 is 10.0 Å². The van der Waals surface area contributed by atoms with Crippen LogP contribution >= 0.6 is 27.3 Å². The Bertz CT molecular complexity index is 577. The largest absolute Gasteiger partial charge is 0.351 e. The van der Waals surface area contributed by atoms with Crippen LogP contribution in [0.1, 0.15) is 22.5 Å². The molecule has 1 aliphatic rings. The normalized spacial score (nSPS) is 18.1. The Morgan fingerprint density at radius 3 is 2.65 bits per heavy atom. The van der Waals surface area contributed by atoms with E-state index in [1.54, 1.807) is 6.07 Å². The topological polar surface area (TPSA) is 66.5 Å². The Hall–Kier alpha value is -0.440. The molecule has 0 spiro atoms. The van der Waals surface area contributed by atoms with Gasteiger partial charge in [0.25, 0.3) is 5.91 Å². The van der Waals surface area contributed by atoms with E-state index in [1.165, 1.54) is 21.9 Å². The first-order valence-corrected chi connectivity index (χ1v) is 9.85. The first-order chi connectivity index (χ1) is 9.36. The number of sulfonamides is 1. The highest BCUT2D eigenvalue weighted by Gasteiger charge is 2.25. The molecule has 0 aromatic carbocycles. The molecular weight excluding hydrogens is 364 g/mol. The molecule has 0 atom stereocenters. The second-order valence-electron chi connectivity index (χ2n) is 4.94. The van der Waals surface area contributed by atoms with Crippen molar-refractivity contribution in [1.29, 1.82) is 0 Å². The van der Waals surface area contributed by atoms with E-state index in [2.05, 4.69) is 21.2 Å². The number of piperidine rings is 1. The molecule has 0 unspecified atom stereocenters. The summed E-state index contributed by atoms with van der Waals surface area (Å²) >= 11 is 4.72. The second-order valence-corrected chi connectivity index (χ2v) is 8.75. The van der Waals surface area contributed by atoms with Crippen LogP contribution < -0.4 is 5.32 Å². The third-order valence-electron chi connectivity index (χ3n) is 3.39. The van der Waals surface area contributed by atoms with Gasteiger partial charge in [0.15, 0.2) is 0 Å². The Morgan fingerprint density at radius 1 is 1.50 bits per heavy atom. The summed E-state index contributed by atoms with van der Waals surface area (Å²) in [5, 5.41) is 4.79. The van der Waals surface area contributed by atoms with Gasteiger partial charge < -0.3 is 5.32 Å². The molecule has 5 nitrogen and oxygen atoms in total. The predicted molar refractivity (Wildman–Crippen MR) is 83.5 cm³/mol. The number of nitrogens with zero attached hydrogens (tertiary/aromatic N) is 1. The van der Waals surface area contributed by atoms with Gasteiger partial charge in [-0.1, -0.05) is 0 Å². The molecule has 1 amide bonds. The monoisotopic (exact) mass is 380 g/mol. The Morgan fingerprint density at radius 2 is 2.15 bits per heavy atom. The Kier molecular flexibility index (Phi) is 5.22. The lowest BCUT2D eigenvalue weighted by Crippen LogP contribution is -2.41. The van der Waals surface area contributed by atoms with Crippen LogP contribution in [-0.2, 0) is 10.0 Å². The van der Waals surface area contributed by atoms with E-state index in [4.69, 9.17) is 0 Å². The van der Waals surface area contributed by atoms with E-state index in [-0.39, 0.29) is 5.91 Å². The first-order valence-electron chi connectivity index (χ1n) is 6.33. The molecule has 1 aromatic rings. The van der Waals surface area contributed by atoms with E-state index in [9.17, 15) is 13.2 Å². The van der Waals surface area contributed by atoms with Crippen molar-refractivity contribution in [1.82, 2.24) is 9.62 Å². The highest BCUT2D eigenvalue weighted by molar-refractivity contribution is 9.10. The summed E-state index contributed by atoms with van der Waals surface area (Å²) in [7, 11) is -3.08. The van der Waals surface area contributed by atoms with Gasteiger partial charge in [-0.3, -0.25) is 4.79 Å². The summed E-state index contributed by atoms with van der Waals surface area (Å²) in [6, 6.07) is 1.80. The maximum Gasteiger partial charge on any atom is 0.261 e. The van der Waals surface area contributed by atoms with Gasteiger partial charge in [-0.05, 0) is 40.8 Å². The molecule has 2 rings (SSSR count). The zero-order chi connectivity index (χ0) is 14.8. The summed E-state index contributed by atoms with van der Waals surface area (Å²) in [6.07, 6.45) is 2.83. The third kappa shape index (κ3) is 4.28. The minimum Gasteiger partial charge on any atom is -0.351 e.